The van der Waals surface area contributed by atoms with Crippen molar-refractivity contribution in [3.05, 3.63) is 88.9 Å². The van der Waals surface area contributed by atoms with Gasteiger partial charge in [0.25, 0.3) is 0 Å². The summed E-state index contributed by atoms with van der Waals surface area (Å²) in [6, 6.07) is 11.1. The normalized spacial score (nSPS) is 17.3. The van der Waals surface area contributed by atoms with E-state index >= 15 is 0 Å². The summed E-state index contributed by atoms with van der Waals surface area (Å²) in [5.74, 6) is 1.83. The maximum Gasteiger partial charge on any atom is 0.331 e. The van der Waals surface area contributed by atoms with E-state index in [1.54, 1.807) is 16.8 Å². The number of nitrogens with one attached hydrogen (secondary N) is 1. The number of H-pyrrole nitrogens is 1. The van der Waals surface area contributed by atoms with Crippen molar-refractivity contribution >= 4 is 11.0 Å². The van der Waals surface area contributed by atoms with E-state index in [0.717, 1.165) is 35.2 Å². The number of hydrogen-bond acceptors (Lipinski definition) is 4. The Bertz CT molecular complexity index is 1220. The van der Waals surface area contributed by atoms with Gasteiger partial charge in [-0.05, 0) is 44.0 Å². The van der Waals surface area contributed by atoms with Crippen LogP contribution in [0.4, 0.5) is 0 Å². The molecule has 0 saturated heterocycles. The maximum atomic E-state index is 12.4. The Kier molecular flexibility index (Phi) is 3.94. The highest BCUT2D eigenvalue weighted by Gasteiger charge is 2.53. The smallest absolute Gasteiger partial charge is 0.331 e. The second kappa shape index (κ2) is 6.51. The molecule has 2 aromatic heterocycles. The van der Waals surface area contributed by atoms with Crippen LogP contribution in [0.15, 0.2) is 83.2 Å². The van der Waals surface area contributed by atoms with Gasteiger partial charge in [0.15, 0.2) is 0 Å². The number of aromatic nitrogens is 3. The number of aromatic amines is 1. The number of fused-ring (bicyclic) bond motifs is 1. The molecule has 1 aromatic carbocycles. The van der Waals surface area contributed by atoms with Gasteiger partial charge in [-0.3, -0.25) is 4.57 Å². The van der Waals surface area contributed by atoms with Crippen LogP contribution in [0, 0.1) is 5.41 Å². The fraction of sp³-hybridized carbons (Fsp3) is 0.217. The number of para-hydroxylation sites is 2. The van der Waals surface area contributed by atoms with Crippen LogP contribution in [-0.4, -0.2) is 21.1 Å². The second-order valence-corrected chi connectivity index (χ2v) is 7.47. The molecule has 0 unspecified atom stereocenters. The summed E-state index contributed by atoms with van der Waals surface area (Å²) in [5, 5.41) is 0. The van der Waals surface area contributed by atoms with E-state index in [9.17, 15) is 4.79 Å². The Hall–Kier alpha value is -3.54. The van der Waals surface area contributed by atoms with Crippen molar-refractivity contribution in [3.63, 3.8) is 0 Å². The third kappa shape index (κ3) is 2.88. The lowest BCUT2D eigenvalue weighted by Gasteiger charge is -2.14. The third-order valence-corrected chi connectivity index (χ3v) is 5.53. The van der Waals surface area contributed by atoms with E-state index in [2.05, 4.69) is 16.5 Å². The van der Waals surface area contributed by atoms with Gasteiger partial charge in [0.05, 0.1) is 29.5 Å². The minimum absolute atomic E-state index is 0.0449. The summed E-state index contributed by atoms with van der Waals surface area (Å²) in [6.45, 7) is 6.77. The highest BCUT2D eigenvalue weighted by molar-refractivity contribution is 5.77. The molecule has 3 heterocycles. The number of imidazole rings is 1. The zero-order valence-electron chi connectivity index (χ0n) is 16.1. The number of allylic oxidation sites excluding steroid dienone is 3. The van der Waals surface area contributed by atoms with Gasteiger partial charge in [-0.25, -0.2) is 9.78 Å². The molecule has 0 amide bonds. The van der Waals surface area contributed by atoms with Crippen molar-refractivity contribution < 1.29 is 9.47 Å². The van der Waals surface area contributed by atoms with Crippen molar-refractivity contribution in [2.24, 2.45) is 5.41 Å². The van der Waals surface area contributed by atoms with Gasteiger partial charge in [-0.2, -0.15) is 0 Å². The Labute approximate surface area is 167 Å². The first-order valence-electron chi connectivity index (χ1n) is 9.65. The molecule has 0 atom stereocenters. The number of hydrogen-bond donors (Lipinski definition) is 1. The Morgan fingerprint density at radius 3 is 2.86 bits per heavy atom. The number of benzene rings is 1. The average molecular weight is 387 g/mol. The van der Waals surface area contributed by atoms with Gasteiger partial charge in [0.2, 0.25) is 5.88 Å². The molecule has 1 fully saturated rings. The second-order valence-electron chi connectivity index (χ2n) is 7.47. The molecule has 2 aliphatic rings. The minimum Gasteiger partial charge on any atom is -0.492 e. The fourth-order valence-corrected chi connectivity index (χ4v) is 3.94. The lowest BCUT2D eigenvalue weighted by molar-refractivity contribution is 0.221. The summed E-state index contributed by atoms with van der Waals surface area (Å²) < 4.78 is 13.4. The van der Waals surface area contributed by atoms with Gasteiger partial charge in [0.1, 0.15) is 11.5 Å². The molecule has 1 N–H and O–H groups in total. The summed E-state index contributed by atoms with van der Waals surface area (Å²) in [5.41, 5.74) is 3.13. The number of ether oxygens (including phenoxy) is 2. The van der Waals surface area contributed by atoms with Crippen LogP contribution >= 0.6 is 0 Å². The first-order valence-corrected chi connectivity index (χ1v) is 9.65. The van der Waals surface area contributed by atoms with Crippen LogP contribution < -0.4 is 10.4 Å². The van der Waals surface area contributed by atoms with Gasteiger partial charge in [-0.1, -0.05) is 24.8 Å². The minimum atomic E-state index is -0.203. The molecule has 5 rings (SSSR count). The Balaban J connectivity index is 1.43. The summed E-state index contributed by atoms with van der Waals surface area (Å²) >= 11 is 0. The van der Waals surface area contributed by atoms with Gasteiger partial charge in [-0.15, -0.1) is 0 Å². The molecule has 29 heavy (non-hydrogen) atoms. The van der Waals surface area contributed by atoms with Crippen LogP contribution in [0.5, 0.6) is 5.88 Å². The first-order chi connectivity index (χ1) is 14.1. The SMILES string of the molecule is C=C(Oc1ccc(-n2c(=O)[nH]c3ccccc32)cn1)C1=C(/C=C\C)OCC12CC2. The summed E-state index contributed by atoms with van der Waals surface area (Å²) in [6.07, 6.45) is 7.71. The number of nitrogens with zero attached hydrogens (tertiary/aromatic N) is 2. The predicted octanol–water partition coefficient (Wildman–Crippen LogP) is 4.25. The average Bonchev–Trinajstić information content (AvgIpc) is 3.28. The molecule has 1 saturated carbocycles. The number of pyridine rings is 1. The molecule has 6 heteroatoms. The van der Waals surface area contributed by atoms with E-state index in [4.69, 9.17) is 9.47 Å². The van der Waals surface area contributed by atoms with Crippen LogP contribution in [0.1, 0.15) is 19.8 Å². The molecule has 1 spiro atoms. The monoisotopic (exact) mass is 387 g/mol. The maximum absolute atomic E-state index is 12.4. The fourth-order valence-electron chi connectivity index (χ4n) is 3.94. The molecule has 6 nitrogen and oxygen atoms in total. The third-order valence-electron chi connectivity index (χ3n) is 5.53. The van der Waals surface area contributed by atoms with Crippen molar-refractivity contribution in [2.75, 3.05) is 6.61 Å². The lowest BCUT2D eigenvalue weighted by atomic mass is 9.96. The summed E-state index contributed by atoms with van der Waals surface area (Å²) in [4.78, 5) is 19.6. The van der Waals surface area contributed by atoms with E-state index in [1.807, 2.05) is 49.4 Å². The molecule has 0 bridgehead atoms. The largest absolute Gasteiger partial charge is 0.492 e. The van der Waals surface area contributed by atoms with Crippen LogP contribution in [0.2, 0.25) is 0 Å². The topological polar surface area (TPSA) is 69.1 Å². The molecule has 3 aromatic rings. The van der Waals surface area contributed by atoms with Crippen molar-refractivity contribution in [1.82, 2.24) is 14.5 Å². The van der Waals surface area contributed by atoms with Gasteiger partial charge >= 0.3 is 5.69 Å². The lowest BCUT2D eigenvalue weighted by Crippen LogP contribution is -2.15. The zero-order valence-corrected chi connectivity index (χ0v) is 16.1. The molecule has 0 radical (unpaired) electrons. The van der Waals surface area contributed by atoms with Crippen molar-refractivity contribution in [3.8, 4) is 11.6 Å². The molecular weight excluding hydrogens is 366 g/mol. The van der Waals surface area contributed by atoms with Gasteiger partial charge in [0, 0.05) is 17.1 Å². The predicted molar refractivity (Wildman–Crippen MR) is 111 cm³/mol. The Morgan fingerprint density at radius 2 is 2.14 bits per heavy atom. The highest BCUT2D eigenvalue weighted by atomic mass is 16.5. The van der Waals surface area contributed by atoms with E-state index in [0.29, 0.717) is 23.9 Å². The van der Waals surface area contributed by atoms with Gasteiger partial charge < -0.3 is 14.5 Å². The number of rotatable bonds is 5. The van der Waals surface area contributed by atoms with Crippen LogP contribution in [-0.2, 0) is 4.74 Å². The summed E-state index contributed by atoms with van der Waals surface area (Å²) in [7, 11) is 0. The molecule has 1 aliphatic carbocycles. The van der Waals surface area contributed by atoms with Crippen molar-refractivity contribution in [1.29, 1.82) is 0 Å². The Morgan fingerprint density at radius 1 is 1.31 bits per heavy atom. The quantitative estimate of drug-likeness (QED) is 0.665. The van der Waals surface area contributed by atoms with E-state index in [1.165, 1.54) is 0 Å². The first kappa shape index (κ1) is 17.6. The van der Waals surface area contributed by atoms with Crippen molar-refractivity contribution in [2.45, 2.75) is 19.8 Å². The molecule has 1 aliphatic heterocycles. The van der Waals surface area contributed by atoms with E-state index < -0.39 is 0 Å². The molecule has 146 valence electrons. The standard InChI is InChI=1S/C23H21N3O3/c1-3-6-19-21(23(11-12-23)14-28-19)15(2)29-20-10-9-16(13-24-20)26-18-8-5-4-7-17(18)25-22(26)27/h3-10,13H,2,11-12,14H2,1H3,(H,25,27)/b6-3-. The van der Waals surface area contributed by atoms with Crippen LogP contribution in [0.25, 0.3) is 16.7 Å². The highest BCUT2D eigenvalue weighted by Crippen LogP contribution is 2.58. The zero-order chi connectivity index (χ0) is 20.0. The van der Waals surface area contributed by atoms with E-state index in [-0.39, 0.29) is 11.1 Å². The van der Waals surface area contributed by atoms with Crippen LogP contribution in [0.3, 0.4) is 0 Å². The molecular formula is C23H21N3O3.